The molecule has 1 atom stereocenters. The van der Waals surface area contributed by atoms with Crippen LogP contribution < -0.4 is 0 Å². The Morgan fingerprint density at radius 2 is 2.20 bits per heavy atom. The van der Waals surface area contributed by atoms with Gasteiger partial charge in [-0.3, -0.25) is 4.57 Å². The lowest BCUT2D eigenvalue weighted by Gasteiger charge is -2.08. The minimum absolute atomic E-state index is 0.289. The highest BCUT2D eigenvalue weighted by Gasteiger charge is 2.19. The predicted molar refractivity (Wildman–Crippen MR) is 69.5 cm³/mol. The SMILES string of the molecule is OC1CCCCc2cn(Cc3nccn3C(F)F)cc21. The molecule has 1 aliphatic rings. The molecule has 108 valence electrons. The fourth-order valence-electron chi connectivity index (χ4n) is 2.79. The van der Waals surface area contributed by atoms with Crippen molar-refractivity contribution in [1.82, 2.24) is 14.1 Å². The summed E-state index contributed by atoms with van der Waals surface area (Å²) in [7, 11) is 0. The van der Waals surface area contributed by atoms with Crippen molar-refractivity contribution in [3.05, 3.63) is 41.7 Å². The van der Waals surface area contributed by atoms with Gasteiger partial charge in [-0.2, -0.15) is 8.78 Å². The van der Waals surface area contributed by atoms with Crippen LogP contribution in [0.1, 0.15) is 48.9 Å². The van der Waals surface area contributed by atoms with Crippen LogP contribution in [0.3, 0.4) is 0 Å². The molecule has 0 saturated carbocycles. The zero-order valence-corrected chi connectivity index (χ0v) is 11.0. The van der Waals surface area contributed by atoms with Crippen molar-refractivity contribution in [2.24, 2.45) is 0 Å². The Morgan fingerprint density at radius 1 is 1.35 bits per heavy atom. The van der Waals surface area contributed by atoms with Crippen molar-refractivity contribution in [3.8, 4) is 0 Å². The molecule has 0 saturated heterocycles. The number of aliphatic hydroxyl groups excluding tert-OH is 1. The monoisotopic (exact) mass is 281 g/mol. The highest BCUT2D eigenvalue weighted by Crippen LogP contribution is 2.29. The number of halogens is 2. The summed E-state index contributed by atoms with van der Waals surface area (Å²) in [6.07, 6.45) is 9.79. The molecule has 0 spiro atoms. The third-order valence-corrected chi connectivity index (χ3v) is 3.81. The zero-order valence-electron chi connectivity index (χ0n) is 11.0. The van der Waals surface area contributed by atoms with E-state index >= 15 is 0 Å². The van der Waals surface area contributed by atoms with Gasteiger partial charge in [0.25, 0.3) is 0 Å². The van der Waals surface area contributed by atoms with Gasteiger partial charge >= 0.3 is 6.55 Å². The number of aliphatic hydroxyl groups is 1. The van der Waals surface area contributed by atoms with Crippen LogP contribution in [0.5, 0.6) is 0 Å². The third kappa shape index (κ3) is 2.47. The molecule has 1 aliphatic carbocycles. The second-order valence-corrected chi connectivity index (χ2v) is 5.20. The minimum atomic E-state index is -2.58. The van der Waals surface area contributed by atoms with E-state index in [1.165, 1.54) is 12.4 Å². The van der Waals surface area contributed by atoms with E-state index in [9.17, 15) is 13.9 Å². The maximum absolute atomic E-state index is 12.8. The summed E-state index contributed by atoms with van der Waals surface area (Å²) in [6, 6.07) is 0. The van der Waals surface area contributed by atoms with E-state index in [0.717, 1.165) is 41.4 Å². The number of nitrogens with zero attached hydrogens (tertiary/aromatic N) is 3. The van der Waals surface area contributed by atoms with Gasteiger partial charge in [0.05, 0.1) is 12.6 Å². The van der Waals surface area contributed by atoms with Gasteiger partial charge in [-0.05, 0) is 24.8 Å². The van der Waals surface area contributed by atoms with Crippen molar-refractivity contribution in [1.29, 1.82) is 0 Å². The average molecular weight is 281 g/mol. The molecule has 1 unspecified atom stereocenters. The first-order chi connectivity index (χ1) is 9.65. The third-order valence-electron chi connectivity index (χ3n) is 3.81. The molecule has 0 bridgehead atoms. The van der Waals surface area contributed by atoms with Crippen LogP contribution in [0.15, 0.2) is 24.8 Å². The molecule has 6 heteroatoms. The lowest BCUT2D eigenvalue weighted by Crippen LogP contribution is -2.08. The van der Waals surface area contributed by atoms with E-state index in [1.54, 1.807) is 0 Å². The average Bonchev–Trinajstić information content (AvgIpc) is 2.98. The summed E-state index contributed by atoms with van der Waals surface area (Å²) in [5, 5.41) is 10.1. The largest absolute Gasteiger partial charge is 0.388 e. The van der Waals surface area contributed by atoms with Crippen molar-refractivity contribution in [3.63, 3.8) is 0 Å². The Kier molecular flexibility index (Phi) is 3.56. The lowest BCUT2D eigenvalue weighted by atomic mass is 10.1. The number of fused-ring (bicyclic) bond motifs is 1. The molecule has 2 aromatic heterocycles. The molecule has 2 heterocycles. The predicted octanol–water partition coefficient (Wildman–Crippen LogP) is 2.89. The molecule has 3 rings (SSSR count). The number of hydrogen-bond acceptors (Lipinski definition) is 2. The van der Waals surface area contributed by atoms with Gasteiger partial charge in [0.1, 0.15) is 5.82 Å². The molecular weight excluding hydrogens is 264 g/mol. The van der Waals surface area contributed by atoms with Gasteiger partial charge in [0, 0.05) is 30.4 Å². The fraction of sp³-hybridized carbons (Fsp3) is 0.500. The van der Waals surface area contributed by atoms with E-state index in [4.69, 9.17) is 0 Å². The minimum Gasteiger partial charge on any atom is -0.388 e. The van der Waals surface area contributed by atoms with Gasteiger partial charge in [-0.1, -0.05) is 6.42 Å². The van der Waals surface area contributed by atoms with Gasteiger partial charge in [0.15, 0.2) is 0 Å². The number of alkyl halides is 2. The molecular formula is C14H17F2N3O. The second kappa shape index (κ2) is 5.36. The number of hydrogen-bond donors (Lipinski definition) is 1. The Labute approximate surface area is 115 Å². The maximum Gasteiger partial charge on any atom is 0.319 e. The smallest absolute Gasteiger partial charge is 0.319 e. The molecule has 20 heavy (non-hydrogen) atoms. The number of rotatable bonds is 3. The molecule has 1 N–H and O–H groups in total. The van der Waals surface area contributed by atoms with Crippen molar-refractivity contribution in [2.45, 2.75) is 44.9 Å². The van der Waals surface area contributed by atoms with E-state index in [-0.39, 0.29) is 6.54 Å². The molecule has 0 aromatic carbocycles. The van der Waals surface area contributed by atoms with E-state index in [0.29, 0.717) is 5.82 Å². The Balaban J connectivity index is 1.85. The van der Waals surface area contributed by atoms with Crippen LogP contribution in [-0.4, -0.2) is 19.2 Å². The van der Waals surface area contributed by atoms with Crippen LogP contribution in [0.25, 0.3) is 0 Å². The first kappa shape index (κ1) is 13.3. The van der Waals surface area contributed by atoms with Gasteiger partial charge in [-0.15, -0.1) is 0 Å². The standard InChI is InChI=1S/C14H17F2N3O/c15-14(16)19-6-5-17-13(19)9-18-7-10-3-1-2-4-12(20)11(10)8-18/h5-8,12,14,20H,1-4,9H2. The molecule has 0 fully saturated rings. The van der Waals surface area contributed by atoms with Crippen LogP contribution in [-0.2, 0) is 13.0 Å². The van der Waals surface area contributed by atoms with Crippen molar-refractivity contribution in [2.75, 3.05) is 0 Å². The van der Waals surface area contributed by atoms with Crippen LogP contribution >= 0.6 is 0 Å². The summed E-state index contributed by atoms with van der Waals surface area (Å²) in [6.45, 7) is -2.29. The highest BCUT2D eigenvalue weighted by molar-refractivity contribution is 5.28. The van der Waals surface area contributed by atoms with Gasteiger partial charge in [0.2, 0.25) is 0 Å². The lowest BCUT2D eigenvalue weighted by molar-refractivity contribution is 0.0667. The quantitative estimate of drug-likeness (QED) is 0.879. The summed E-state index contributed by atoms with van der Waals surface area (Å²) < 4.78 is 28.3. The molecule has 0 amide bonds. The molecule has 0 aliphatic heterocycles. The summed E-state index contributed by atoms with van der Waals surface area (Å²) in [5.74, 6) is 0.319. The van der Waals surface area contributed by atoms with E-state index in [2.05, 4.69) is 4.98 Å². The molecule has 0 radical (unpaired) electrons. The highest BCUT2D eigenvalue weighted by atomic mass is 19.3. The summed E-state index contributed by atoms with van der Waals surface area (Å²) in [5.41, 5.74) is 2.04. The normalized spacial score (nSPS) is 19.1. The first-order valence-electron chi connectivity index (χ1n) is 6.81. The van der Waals surface area contributed by atoms with Crippen LogP contribution in [0.2, 0.25) is 0 Å². The van der Waals surface area contributed by atoms with E-state index in [1.807, 2.05) is 17.0 Å². The Morgan fingerprint density at radius 3 is 3.00 bits per heavy atom. The van der Waals surface area contributed by atoms with E-state index < -0.39 is 12.7 Å². The molecule has 4 nitrogen and oxygen atoms in total. The first-order valence-corrected chi connectivity index (χ1v) is 6.81. The fourth-order valence-corrected chi connectivity index (χ4v) is 2.79. The van der Waals surface area contributed by atoms with Gasteiger partial charge in [-0.25, -0.2) is 4.98 Å². The van der Waals surface area contributed by atoms with Crippen LogP contribution in [0, 0.1) is 0 Å². The van der Waals surface area contributed by atoms with Crippen LogP contribution in [0.4, 0.5) is 8.78 Å². The Bertz CT molecular complexity index is 591. The molecule has 2 aromatic rings. The number of aryl methyl sites for hydroxylation is 1. The number of aromatic nitrogens is 3. The zero-order chi connectivity index (χ0) is 14.1. The Hall–Kier alpha value is -1.69. The second-order valence-electron chi connectivity index (χ2n) is 5.20. The number of imidazole rings is 1. The van der Waals surface area contributed by atoms with Gasteiger partial charge < -0.3 is 9.67 Å². The van der Waals surface area contributed by atoms with Crippen molar-refractivity contribution >= 4 is 0 Å². The van der Waals surface area contributed by atoms with Crippen molar-refractivity contribution < 1.29 is 13.9 Å². The summed E-state index contributed by atoms with van der Waals surface area (Å²) in [4.78, 5) is 3.98. The summed E-state index contributed by atoms with van der Waals surface area (Å²) >= 11 is 0. The maximum atomic E-state index is 12.8. The topological polar surface area (TPSA) is 43.0 Å².